The van der Waals surface area contributed by atoms with Crippen molar-refractivity contribution in [2.75, 3.05) is 0 Å². The first kappa shape index (κ1) is 9.07. The minimum Gasteiger partial charge on any atom is -0.470 e. The molecule has 2 nitrogen and oxygen atoms in total. The number of halogens is 1. The normalized spacial score (nSPS) is 12.2. The summed E-state index contributed by atoms with van der Waals surface area (Å²) in [6.07, 6.45) is 1.65. The van der Waals surface area contributed by atoms with Gasteiger partial charge in [-0.1, -0.05) is 30.3 Å². The van der Waals surface area contributed by atoms with Crippen LogP contribution in [0.3, 0.4) is 0 Å². The highest BCUT2D eigenvalue weighted by molar-refractivity contribution is 6.29. The molecule has 0 aromatic carbocycles. The van der Waals surface area contributed by atoms with Gasteiger partial charge in [0.25, 0.3) is 0 Å². The van der Waals surface area contributed by atoms with Crippen molar-refractivity contribution in [1.82, 2.24) is 4.98 Å². The zero-order valence-electron chi connectivity index (χ0n) is 6.83. The van der Waals surface area contributed by atoms with Gasteiger partial charge in [0.15, 0.2) is 0 Å². The molecule has 0 amide bonds. The SMILES string of the molecule is C=CC(C)Oc1cccc(Cl)n1. The van der Waals surface area contributed by atoms with Crippen LogP contribution in [0.5, 0.6) is 5.88 Å². The Bertz CT molecular complexity index is 275. The first-order chi connectivity index (χ1) is 5.72. The number of rotatable bonds is 3. The topological polar surface area (TPSA) is 22.1 Å². The largest absolute Gasteiger partial charge is 0.470 e. The Morgan fingerprint density at radius 1 is 1.67 bits per heavy atom. The lowest BCUT2D eigenvalue weighted by atomic mass is 10.4. The van der Waals surface area contributed by atoms with Crippen LogP contribution >= 0.6 is 11.6 Å². The van der Waals surface area contributed by atoms with Crippen LogP contribution in [0.2, 0.25) is 5.15 Å². The Morgan fingerprint density at radius 3 is 3.00 bits per heavy atom. The van der Waals surface area contributed by atoms with Crippen molar-refractivity contribution < 1.29 is 4.74 Å². The standard InChI is InChI=1S/C9H10ClNO/c1-3-7(2)12-9-6-4-5-8(10)11-9/h3-7H,1H2,2H3. The van der Waals surface area contributed by atoms with Crippen LogP contribution in [0.25, 0.3) is 0 Å². The van der Waals surface area contributed by atoms with E-state index in [-0.39, 0.29) is 6.10 Å². The fraction of sp³-hybridized carbons (Fsp3) is 0.222. The molecule has 1 atom stereocenters. The van der Waals surface area contributed by atoms with Gasteiger partial charge < -0.3 is 4.74 Å². The van der Waals surface area contributed by atoms with Crippen molar-refractivity contribution in [3.63, 3.8) is 0 Å². The molecule has 12 heavy (non-hydrogen) atoms. The molecular weight excluding hydrogens is 174 g/mol. The summed E-state index contributed by atoms with van der Waals surface area (Å²) >= 11 is 5.65. The third kappa shape index (κ3) is 2.55. The molecule has 0 bridgehead atoms. The first-order valence-electron chi connectivity index (χ1n) is 3.64. The van der Waals surface area contributed by atoms with Gasteiger partial charge in [-0.2, -0.15) is 0 Å². The van der Waals surface area contributed by atoms with Crippen molar-refractivity contribution in [2.45, 2.75) is 13.0 Å². The highest BCUT2D eigenvalue weighted by Gasteiger charge is 1.99. The fourth-order valence-electron chi connectivity index (χ4n) is 0.694. The van der Waals surface area contributed by atoms with Gasteiger partial charge in [0.2, 0.25) is 5.88 Å². The second-order valence-electron chi connectivity index (χ2n) is 2.36. The fourth-order valence-corrected chi connectivity index (χ4v) is 0.850. The second-order valence-corrected chi connectivity index (χ2v) is 2.74. The lowest BCUT2D eigenvalue weighted by Gasteiger charge is -2.08. The van der Waals surface area contributed by atoms with Crippen LogP contribution < -0.4 is 4.74 Å². The van der Waals surface area contributed by atoms with Crippen molar-refractivity contribution in [2.24, 2.45) is 0 Å². The minimum absolute atomic E-state index is 0.0454. The van der Waals surface area contributed by atoms with Crippen LogP contribution in [-0.4, -0.2) is 11.1 Å². The maximum absolute atomic E-state index is 5.65. The quantitative estimate of drug-likeness (QED) is 0.531. The number of hydrogen-bond acceptors (Lipinski definition) is 2. The van der Waals surface area contributed by atoms with Crippen LogP contribution in [-0.2, 0) is 0 Å². The van der Waals surface area contributed by atoms with Crippen molar-refractivity contribution >= 4 is 11.6 Å². The average Bonchev–Trinajstić information content (AvgIpc) is 2.04. The molecule has 0 aliphatic heterocycles. The Hall–Kier alpha value is -1.02. The predicted molar refractivity (Wildman–Crippen MR) is 49.5 cm³/mol. The summed E-state index contributed by atoms with van der Waals surface area (Å²) in [5.41, 5.74) is 0. The van der Waals surface area contributed by atoms with E-state index in [0.717, 1.165) is 0 Å². The van der Waals surface area contributed by atoms with Gasteiger partial charge in [0.1, 0.15) is 11.3 Å². The molecule has 0 aliphatic carbocycles. The van der Waals surface area contributed by atoms with E-state index in [1.807, 2.05) is 6.92 Å². The summed E-state index contributed by atoms with van der Waals surface area (Å²) in [5, 5.41) is 0.434. The molecular formula is C9H10ClNO. The Morgan fingerprint density at radius 2 is 2.42 bits per heavy atom. The maximum Gasteiger partial charge on any atom is 0.215 e. The molecule has 0 saturated carbocycles. The van der Waals surface area contributed by atoms with E-state index in [1.54, 1.807) is 24.3 Å². The molecule has 0 radical (unpaired) electrons. The summed E-state index contributed by atoms with van der Waals surface area (Å²) in [4.78, 5) is 3.96. The summed E-state index contributed by atoms with van der Waals surface area (Å²) in [6.45, 7) is 5.48. The molecule has 0 spiro atoms. The third-order valence-corrected chi connectivity index (χ3v) is 1.54. The molecule has 1 unspecified atom stereocenters. The van der Waals surface area contributed by atoms with Gasteiger partial charge in [0.05, 0.1) is 0 Å². The monoisotopic (exact) mass is 183 g/mol. The van der Waals surface area contributed by atoms with E-state index in [1.165, 1.54) is 0 Å². The molecule has 1 heterocycles. The Labute approximate surface area is 76.8 Å². The summed E-state index contributed by atoms with van der Waals surface area (Å²) in [5.74, 6) is 0.523. The molecule has 0 fully saturated rings. The lowest BCUT2D eigenvalue weighted by Crippen LogP contribution is -2.08. The third-order valence-electron chi connectivity index (χ3n) is 1.33. The molecule has 1 rings (SSSR count). The highest BCUT2D eigenvalue weighted by atomic mass is 35.5. The van der Waals surface area contributed by atoms with Gasteiger partial charge in [-0.25, -0.2) is 4.98 Å². The second kappa shape index (κ2) is 4.12. The Balaban J connectivity index is 2.69. The molecule has 1 aromatic heterocycles. The van der Waals surface area contributed by atoms with Gasteiger partial charge in [-0.3, -0.25) is 0 Å². The van der Waals surface area contributed by atoms with Gasteiger partial charge in [-0.15, -0.1) is 0 Å². The molecule has 3 heteroatoms. The van der Waals surface area contributed by atoms with Crippen LogP contribution in [0.1, 0.15) is 6.92 Å². The minimum atomic E-state index is -0.0454. The van der Waals surface area contributed by atoms with E-state index in [4.69, 9.17) is 16.3 Å². The zero-order valence-corrected chi connectivity index (χ0v) is 7.58. The van der Waals surface area contributed by atoms with E-state index in [9.17, 15) is 0 Å². The number of ether oxygens (including phenoxy) is 1. The van der Waals surface area contributed by atoms with Crippen molar-refractivity contribution in [3.05, 3.63) is 36.0 Å². The van der Waals surface area contributed by atoms with Crippen molar-refractivity contribution in [1.29, 1.82) is 0 Å². The number of nitrogens with zero attached hydrogens (tertiary/aromatic N) is 1. The molecule has 0 aliphatic rings. The summed E-state index contributed by atoms with van der Waals surface area (Å²) in [6, 6.07) is 5.25. The van der Waals surface area contributed by atoms with E-state index < -0.39 is 0 Å². The number of aromatic nitrogens is 1. The molecule has 64 valence electrons. The molecule has 1 aromatic rings. The summed E-state index contributed by atoms with van der Waals surface area (Å²) < 4.78 is 5.33. The van der Waals surface area contributed by atoms with Crippen LogP contribution in [0, 0.1) is 0 Å². The van der Waals surface area contributed by atoms with Crippen molar-refractivity contribution in [3.8, 4) is 5.88 Å². The predicted octanol–water partition coefficient (Wildman–Crippen LogP) is 2.69. The van der Waals surface area contributed by atoms with Crippen LogP contribution in [0.4, 0.5) is 0 Å². The number of hydrogen-bond donors (Lipinski definition) is 0. The smallest absolute Gasteiger partial charge is 0.215 e. The number of pyridine rings is 1. The summed E-state index contributed by atoms with van der Waals surface area (Å²) in [7, 11) is 0. The maximum atomic E-state index is 5.65. The van der Waals surface area contributed by atoms with E-state index in [2.05, 4.69) is 11.6 Å². The van der Waals surface area contributed by atoms with Gasteiger partial charge in [-0.05, 0) is 13.0 Å². The molecule has 0 N–H and O–H groups in total. The highest BCUT2D eigenvalue weighted by Crippen LogP contribution is 2.12. The Kier molecular flexibility index (Phi) is 3.11. The van der Waals surface area contributed by atoms with Crippen LogP contribution in [0.15, 0.2) is 30.9 Å². The molecule has 0 saturated heterocycles. The van der Waals surface area contributed by atoms with Gasteiger partial charge in [0, 0.05) is 6.07 Å². The van der Waals surface area contributed by atoms with E-state index >= 15 is 0 Å². The average molecular weight is 184 g/mol. The lowest BCUT2D eigenvalue weighted by molar-refractivity contribution is 0.259. The van der Waals surface area contributed by atoms with E-state index in [0.29, 0.717) is 11.0 Å². The zero-order chi connectivity index (χ0) is 8.97. The van der Waals surface area contributed by atoms with Gasteiger partial charge >= 0.3 is 0 Å². The first-order valence-corrected chi connectivity index (χ1v) is 4.02.